The minimum absolute atomic E-state index is 0.193. The summed E-state index contributed by atoms with van der Waals surface area (Å²) < 4.78 is 21.6. The number of esters is 1. The molecular weight excluding hydrogens is 480 g/mol. The zero-order valence-electron chi connectivity index (χ0n) is 21.1. The lowest BCUT2D eigenvalue weighted by Gasteiger charge is -2.28. The minimum atomic E-state index is -0.755. The maximum absolute atomic E-state index is 12.5. The van der Waals surface area contributed by atoms with E-state index >= 15 is 0 Å². The number of nitrogens with zero attached hydrogens (tertiary/aromatic N) is 1. The van der Waals surface area contributed by atoms with E-state index in [0.717, 1.165) is 5.56 Å². The fraction of sp³-hybridized carbons (Fsp3) is 0.308. The first-order valence-corrected chi connectivity index (χ1v) is 11.7. The molecule has 1 heterocycles. The summed E-state index contributed by atoms with van der Waals surface area (Å²) in [5.41, 5.74) is 4.42. The summed E-state index contributed by atoms with van der Waals surface area (Å²) in [7, 11) is 1.45. The Morgan fingerprint density at radius 3 is 2.62 bits per heavy atom. The highest BCUT2D eigenvalue weighted by Crippen LogP contribution is 2.34. The number of urea groups is 1. The molecule has 0 spiro atoms. The van der Waals surface area contributed by atoms with E-state index in [1.807, 2.05) is 25.1 Å². The Bertz CT molecular complexity index is 1210. The van der Waals surface area contributed by atoms with Crippen LogP contribution in [-0.4, -0.2) is 51.1 Å². The van der Waals surface area contributed by atoms with Crippen LogP contribution in [0.5, 0.6) is 17.2 Å². The number of carbonyl (C=O) groups excluding carboxylic acids is 3. The molecule has 0 fully saturated rings. The van der Waals surface area contributed by atoms with Crippen molar-refractivity contribution in [2.75, 3.05) is 26.9 Å². The lowest BCUT2D eigenvalue weighted by molar-refractivity contribution is -0.139. The van der Waals surface area contributed by atoms with Crippen LogP contribution < -0.4 is 30.3 Å². The van der Waals surface area contributed by atoms with Crippen molar-refractivity contribution in [1.29, 1.82) is 0 Å². The number of hydrogen-bond donors (Lipinski definition) is 3. The van der Waals surface area contributed by atoms with Gasteiger partial charge in [0.05, 0.1) is 38.2 Å². The van der Waals surface area contributed by atoms with Gasteiger partial charge >= 0.3 is 12.0 Å². The van der Waals surface area contributed by atoms with Crippen molar-refractivity contribution in [3.05, 3.63) is 64.9 Å². The fourth-order valence-corrected chi connectivity index (χ4v) is 3.61. The zero-order valence-corrected chi connectivity index (χ0v) is 21.1. The van der Waals surface area contributed by atoms with E-state index in [2.05, 4.69) is 21.2 Å². The Hall–Kier alpha value is -4.54. The lowest BCUT2D eigenvalue weighted by Crippen LogP contribution is -2.45. The Labute approximate surface area is 214 Å². The average molecular weight is 511 g/mol. The van der Waals surface area contributed by atoms with E-state index in [9.17, 15) is 14.4 Å². The molecular formula is C26H30N4O7. The third kappa shape index (κ3) is 7.23. The molecule has 37 heavy (non-hydrogen) atoms. The first-order chi connectivity index (χ1) is 17.9. The monoisotopic (exact) mass is 510 g/mol. The van der Waals surface area contributed by atoms with Gasteiger partial charge in [-0.1, -0.05) is 18.2 Å². The predicted molar refractivity (Wildman–Crippen MR) is 136 cm³/mol. The molecule has 1 aliphatic rings. The number of rotatable bonds is 11. The van der Waals surface area contributed by atoms with Gasteiger partial charge in [-0.05, 0) is 56.2 Å². The smallest absolute Gasteiger partial charge is 0.338 e. The van der Waals surface area contributed by atoms with Crippen molar-refractivity contribution >= 4 is 24.1 Å². The molecule has 2 aromatic carbocycles. The maximum Gasteiger partial charge on any atom is 0.338 e. The van der Waals surface area contributed by atoms with Crippen LogP contribution in [0.3, 0.4) is 0 Å². The summed E-state index contributed by atoms with van der Waals surface area (Å²) in [4.78, 5) is 36.8. The van der Waals surface area contributed by atoms with Crippen LogP contribution in [0.25, 0.3) is 0 Å². The predicted octanol–water partition coefficient (Wildman–Crippen LogP) is 2.81. The summed E-state index contributed by atoms with van der Waals surface area (Å²) in [6.07, 6.45) is 1.50. The van der Waals surface area contributed by atoms with Gasteiger partial charge in [-0.25, -0.2) is 15.0 Å². The van der Waals surface area contributed by atoms with Crippen LogP contribution in [-0.2, 0) is 14.3 Å². The van der Waals surface area contributed by atoms with Crippen molar-refractivity contribution in [2.45, 2.75) is 26.8 Å². The molecule has 196 valence electrons. The number of amides is 3. The Morgan fingerprint density at radius 2 is 1.89 bits per heavy atom. The summed E-state index contributed by atoms with van der Waals surface area (Å²) in [6, 6.07) is 11.0. The van der Waals surface area contributed by atoms with Gasteiger partial charge in [-0.2, -0.15) is 5.10 Å². The minimum Gasteiger partial charge on any atom is -0.494 e. The van der Waals surface area contributed by atoms with Gasteiger partial charge < -0.3 is 29.6 Å². The van der Waals surface area contributed by atoms with Gasteiger partial charge in [0.15, 0.2) is 18.1 Å². The number of ether oxygens (including phenoxy) is 4. The van der Waals surface area contributed by atoms with Crippen molar-refractivity contribution in [3.8, 4) is 17.2 Å². The molecule has 0 saturated heterocycles. The normalized spacial score (nSPS) is 15.0. The van der Waals surface area contributed by atoms with Crippen LogP contribution in [0.15, 0.2) is 58.8 Å². The molecule has 0 aromatic heterocycles. The second kappa shape index (κ2) is 13.0. The number of benzene rings is 2. The van der Waals surface area contributed by atoms with Crippen LogP contribution in [0.2, 0.25) is 0 Å². The van der Waals surface area contributed by atoms with Gasteiger partial charge in [0.25, 0.3) is 5.91 Å². The number of hydrazone groups is 1. The molecule has 2 aromatic rings. The number of methoxy groups -OCH3 is 1. The third-order valence-electron chi connectivity index (χ3n) is 5.22. The molecule has 11 nitrogen and oxygen atoms in total. The molecule has 0 bridgehead atoms. The van der Waals surface area contributed by atoms with E-state index in [1.54, 1.807) is 38.1 Å². The molecule has 3 N–H and O–H groups in total. The van der Waals surface area contributed by atoms with Crippen LogP contribution in [0.4, 0.5) is 4.79 Å². The number of nitrogens with one attached hydrogen (secondary N) is 3. The Balaban J connectivity index is 1.66. The molecule has 3 amide bonds. The molecule has 0 saturated carbocycles. The second-order valence-corrected chi connectivity index (χ2v) is 7.79. The van der Waals surface area contributed by atoms with Gasteiger partial charge in [0.1, 0.15) is 5.75 Å². The Kier molecular flexibility index (Phi) is 9.48. The van der Waals surface area contributed by atoms with Crippen molar-refractivity contribution in [1.82, 2.24) is 16.1 Å². The maximum atomic E-state index is 12.5. The van der Waals surface area contributed by atoms with E-state index in [1.165, 1.54) is 13.3 Å². The number of hydrogen-bond acceptors (Lipinski definition) is 8. The summed E-state index contributed by atoms with van der Waals surface area (Å²) in [6.45, 7) is 5.65. The second-order valence-electron chi connectivity index (χ2n) is 7.79. The fourth-order valence-electron chi connectivity index (χ4n) is 3.61. The SMILES string of the molecule is CCOC(=O)C1=C(C)NC(=O)N[C@@H]1c1ccc(OCC(=O)N/N=C/c2cccc(OCC)c2)c(OC)c1. The number of allylic oxidation sites excluding steroid dienone is 1. The van der Waals surface area contributed by atoms with Gasteiger partial charge in [-0.15, -0.1) is 0 Å². The summed E-state index contributed by atoms with van der Waals surface area (Å²) in [5, 5.41) is 9.26. The lowest BCUT2D eigenvalue weighted by atomic mass is 9.95. The summed E-state index contributed by atoms with van der Waals surface area (Å²) in [5.74, 6) is 0.306. The molecule has 0 aliphatic carbocycles. The van der Waals surface area contributed by atoms with Crippen molar-refractivity contribution in [2.24, 2.45) is 5.10 Å². The van der Waals surface area contributed by atoms with Crippen molar-refractivity contribution < 1.29 is 33.3 Å². The standard InChI is InChI=1S/C26H30N4O7/c1-5-35-19-9-7-8-17(12-19)14-27-30-22(31)15-37-20-11-10-18(13-21(20)34-4)24-23(25(32)36-6-2)16(3)28-26(33)29-24/h7-14,24H,5-6,15H2,1-4H3,(H,30,31)(H2,28,29,33)/b27-14+/t24-/m1/s1. The number of carbonyl (C=O) groups is 3. The highest BCUT2D eigenvalue weighted by atomic mass is 16.5. The van der Waals surface area contributed by atoms with E-state index in [4.69, 9.17) is 18.9 Å². The van der Waals surface area contributed by atoms with Gasteiger partial charge in [0, 0.05) is 5.70 Å². The van der Waals surface area contributed by atoms with E-state index < -0.39 is 23.9 Å². The van der Waals surface area contributed by atoms with Gasteiger partial charge in [-0.3, -0.25) is 4.79 Å². The largest absolute Gasteiger partial charge is 0.494 e. The zero-order chi connectivity index (χ0) is 26.8. The molecule has 1 aliphatic heterocycles. The first kappa shape index (κ1) is 27.1. The Morgan fingerprint density at radius 1 is 1.08 bits per heavy atom. The van der Waals surface area contributed by atoms with E-state index in [-0.39, 0.29) is 18.8 Å². The molecule has 0 unspecified atom stereocenters. The van der Waals surface area contributed by atoms with Crippen LogP contribution in [0.1, 0.15) is 37.9 Å². The summed E-state index contributed by atoms with van der Waals surface area (Å²) >= 11 is 0. The molecule has 11 heteroatoms. The van der Waals surface area contributed by atoms with Crippen LogP contribution >= 0.6 is 0 Å². The molecule has 1 atom stereocenters. The molecule has 3 rings (SSSR count). The topological polar surface area (TPSA) is 137 Å². The quantitative estimate of drug-likeness (QED) is 0.240. The van der Waals surface area contributed by atoms with E-state index in [0.29, 0.717) is 35.1 Å². The average Bonchev–Trinajstić information content (AvgIpc) is 2.87. The highest BCUT2D eigenvalue weighted by molar-refractivity contribution is 5.95. The van der Waals surface area contributed by atoms with Gasteiger partial charge in [0.2, 0.25) is 0 Å². The first-order valence-electron chi connectivity index (χ1n) is 11.7. The van der Waals surface area contributed by atoms with Crippen molar-refractivity contribution in [3.63, 3.8) is 0 Å². The van der Waals surface area contributed by atoms with Crippen LogP contribution in [0, 0.1) is 0 Å². The highest BCUT2D eigenvalue weighted by Gasteiger charge is 2.32. The third-order valence-corrected chi connectivity index (χ3v) is 5.22. The molecule has 0 radical (unpaired) electrons.